The van der Waals surface area contributed by atoms with Crippen LogP contribution < -0.4 is 0 Å². The van der Waals surface area contributed by atoms with Crippen molar-refractivity contribution in [1.29, 1.82) is 0 Å². The molecule has 1 aliphatic rings. The summed E-state index contributed by atoms with van der Waals surface area (Å²) in [6.07, 6.45) is 0.898. The molecule has 86 valence electrons. The molecule has 0 spiro atoms. The van der Waals surface area contributed by atoms with Crippen LogP contribution in [0.1, 0.15) is 29.8 Å². The van der Waals surface area contributed by atoms with Gasteiger partial charge in [-0.05, 0) is 59.6 Å². The van der Waals surface area contributed by atoms with E-state index in [-0.39, 0.29) is 11.9 Å². The van der Waals surface area contributed by atoms with Gasteiger partial charge >= 0.3 is 0 Å². The zero-order valence-corrected chi connectivity index (χ0v) is 10.9. The van der Waals surface area contributed by atoms with E-state index >= 15 is 0 Å². The van der Waals surface area contributed by atoms with Crippen LogP contribution in [-0.2, 0) is 6.42 Å². The first-order chi connectivity index (χ1) is 7.65. The van der Waals surface area contributed by atoms with E-state index in [9.17, 15) is 4.79 Å². The Labute approximate surface area is 104 Å². The second kappa shape index (κ2) is 4.68. The number of fused-ring (bicyclic) bond motifs is 1. The lowest BCUT2D eigenvalue weighted by Gasteiger charge is -2.32. The summed E-state index contributed by atoms with van der Waals surface area (Å²) < 4.78 is 0. The summed E-state index contributed by atoms with van der Waals surface area (Å²) in [5, 5.41) is 0. The monoisotopic (exact) mass is 255 g/mol. The van der Waals surface area contributed by atoms with Gasteiger partial charge in [0.05, 0.1) is 0 Å². The van der Waals surface area contributed by atoms with Crippen molar-refractivity contribution in [2.24, 2.45) is 0 Å². The summed E-state index contributed by atoms with van der Waals surface area (Å²) in [6.45, 7) is 4.88. The molecular formula is C12H14ClNOS. The van der Waals surface area contributed by atoms with Crippen molar-refractivity contribution in [3.05, 3.63) is 29.3 Å². The van der Waals surface area contributed by atoms with Gasteiger partial charge in [0.2, 0.25) is 0 Å². The van der Waals surface area contributed by atoms with Crippen molar-refractivity contribution in [2.75, 3.05) is 6.54 Å². The van der Waals surface area contributed by atoms with Gasteiger partial charge in [0.1, 0.15) is 0 Å². The number of carbonyl (C=O) groups is 1. The molecule has 0 unspecified atom stereocenters. The average Bonchev–Trinajstić information content (AvgIpc) is 2.28. The summed E-state index contributed by atoms with van der Waals surface area (Å²) in [4.78, 5) is 15.1. The van der Waals surface area contributed by atoms with Gasteiger partial charge in [-0.1, -0.05) is 6.07 Å². The quantitative estimate of drug-likeness (QED) is 0.808. The molecule has 1 heterocycles. The summed E-state index contributed by atoms with van der Waals surface area (Å²) in [5.41, 5.74) is 1.91. The molecule has 0 fully saturated rings. The van der Waals surface area contributed by atoms with Gasteiger partial charge in [-0.2, -0.15) is 0 Å². The summed E-state index contributed by atoms with van der Waals surface area (Å²) in [6, 6.07) is 6.01. The molecule has 0 aliphatic carbocycles. The lowest BCUT2D eigenvalue weighted by molar-refractivity contribution is 0.0687. The van der Waals surface area contributed by atoms with Crippen LogP contribution in [0.25, 0.3) is 0 Å². The molecular weight excluding hydrogens is 242 g/mol. The zero-order valence-electron chi connectivity index (χ0n) is 9.37. The van der Waals surface area contributed by atoms with Gasteiger partial charge in [-0.15, -0.1) is 0 Å². The number of benzene rings is 1. The molecule has 16 heavy (non-hydrogen) atoms. The maximum absolute atomic E-state index is 12.2. The largest absolute Gasteiger partial charge is 0.336 e. The lowest BCUT2D eigenvalue weighted by atomic mass is 9.98. The maximum atomic E-state index is 12.2. The Bertz CT molecular complexity index is 419. The smallest absolute Gasteiger partial charge is 0.254 e. The van der Waals surface area contributed by atoms with E-state index in [0.29, 0.717) is 0 Å². The molecule has 1 aliphatic heterocycles. The number of amides is 1. The van der Waals surface area contributed by atoms with E-state index in [1.54, 1.807) is 0 Å². The Kier molecular flexibility index (Phi) is 3.45. The van der Waals surface area contributed by atoms with Crippen molar-refractivity contribution in [3.8, 4) is 0 Å². The van der Waals surface area contributed by atoms with Gasteiger partial charge in [0.25, 0.3) is 5.91 Å². The van der Waals surface area contributed by atoms with Crippen LogP contribution in [0.15, 0.2) is 23.1 Å². The lowest BCUT2D eigenvalue weighted by Crippen LogP contribution is -2.42. The summed E-state index contributed by atoms with van der Waals surface area (Å²) in [7, 11) is 7.00. The van der Waals surface area contributed by atoms with Crippen LogP contribution in [0.5, 0.6) is 0 Å². The Morgan fingerprint density at radius 1 is 1.44 bits per heavy atom. The molecule has 0 atom stereocenters. The number of nitrogens with zero attached hydrogens (tertiary/aromatic N) is 1. The predicted octanol–water partition coefficient (Wildman–Crippen LogP) is 3.34. The topological polar surface area (TPSA) is 20.3 Å². The Morgan fingerprint density at radius 3 is 2.81 bits per heavy atom. The highest BCUT2D eigenvalue weighted by molar-refractivity contribution is 8.21. The first-order valence-corrected chi connectivity index (χ1v) is 7.01. The molecule has 0 bridgehead atoms. The fraction of sp³-hybridized carbons (Fsp3) is 0.417. The minimum atomic E-state index is 0.129. The zero-order chi connectivity index (χ0) is 11.7. The molecule has 0 saturated carbocycles. The van der Waals surface area contributed by atoms with Crippen molar-refractivity contribution >= 4 is 27.6 Å². The second-order valence-electron chi connectivity index (χ2n) is 4.20. The number of halogens is 1. The third-order valence-corrected chi connectivity index (χ3v) is 3.98. The fourth-order valence-electron chi connectivity index (χ4n) is 2.08. The number of rotatable bonds is 2. The van der Waals surface area contributed by atoms with Gasteiger partial charge in [-0.3, -0.25) is 4.79 Å². The summed E-state index contributed by atoms with van der Waals surface area (Å²) in [5.74, 6) is 0.129. The Morgan fingerprint density at radius 2 is 2.19 bits per heavy atom. The number of hydrogen-bond acceptors (Lipinski definition) is 2. The third kappa shape index (κ3) is 1.94. The van der Waals surface area contributed by atoms with Crippen LogP contribution in [0.4, 0.5) is 0 Å². The first kappa shape index (κ1) is 11.8. The van der Waals surface area contributed by atoms with E-state index in [0.717, 1.165) is 29.0 Å². The SMILES string of the molecule is CC(C)N1CCc2c(SCl)cccc2C1=O. The van der Waals surface area contributed by atoms with Crippen LogP contribution in [0, 0.1) is 0 Å². The fourth-order valence-corrected chi connectivity index (χ4v) is 2.95. The normalized spacial score (nSPS) is 15.5. The van der Waals surface area contributed by atoms with Crippen molar-refractivity contribution < 1.29 is 4.79 Å². The molecule has 1 aromatic rings. The van der Waals surface area contributed by atoms with Gasteiger partial charge in [0.15, 0.2) is 0 Å². The van der Waals surface area contributed by atoms with Gasteiger partial charge in [0, 0.05) is 23.0 Å². The standard InChI is InChI=1S/C12H14ClNOS/c1-8(2)14-7-6-9-10(12(14)15)4-3-5-11(9)16-13/h3-5,8H,6-7H2,1-2H3. The van der Waals surface area contributed by atoms with E-state index in [1.807, 2.05) is 36.9 Å². The number of hydrogen-bond donors (Lipinski definition) is 0. The van der Waals surface area contributed by atoms with Crippen LogP contribution in [0.2, 0.25) is 0 Å². The third-order valence-electron chi connectivity index (χ3n) is 2.93. The predicted molar refractivity (Wildman–Crippen MR) is 68.0 cm³/mol. The second-order valence-corrected chi connectivity index (χ2v) is 5.26. The van der Waals surface area contributed by atoms with Crippen molar-refractivity contribution in [2.45, 2.75) is 31.2 Å². The highest BCUT2D eigenvalue weighted by Crippen LogP contribution is 2.32. The van der Waals surface area contributed by atoms with E-state index in [2.05, 4.69) is 0 Å². The van der Waals surface area contributed by atoms with Crippen molar-refractivity contribution in [3.63, 3.8) is 0 Å². The first-order valence-electron chi connectivity index (χ1n) is 5.36. The Hall–Kier alpha value is -0.670. The van der Waals surface area contributed by atoms with Crippen LogP contribution >= 0.6 is 21.7 Å². The molecule has 1 amide bonds. The van der Waals surface area contributed by atoms with Gasteiger partial charge in [-0.25, -0.2) is 0 Å². The van der Waals surface area contributed by atoms with E-state index in [1.165, 1.54) is 11.0 Å². The molecule has 0 N–H and O–H groups in total. The average molecular weight is 256 g/mol. The molecule has 0 saturated heterocycles. The maximum Gasteiger partial charge on any atom is 0.254 e. The van der Waals surface area contributed by atoms with Gasteiger partial charge < -0.3 is 4.90 Å². The molecule has 0 radical (unpaired) electrons. The molecule has 1 aromatic carbocycles. The molecule has 0 aromatic heterocycles. The number of carbonyl (C=O) groups excluding carboxylic acids is 1. The Balaban J connectivity index is 2.42. The van der Waals surface area contributed by atoms with Crippen molar-refractivity contribution in [1.82, 2.24) is 4.90 Å². The summed E-state index contributed by atoms with van der Waals surface area (Å²) >= 11 is 0. The molecule has 2 nitrogen and oxygen atoms in total. The molecule has 4 heteroatoms. The highest BCUT2D eigenvalue weighted by atomic mass is 35.7. The molecule has 2 rings (SSSR count). The van der Waals surface area contributed by atoms with Crippen LogP contribution in [0.3, 0.4) is 0 Å². The minimum Gasteiger partial charge on any atom is -0.336 e. The van der Waals surface area contributed by atoms with E-state index < -0.39 is 0 Å². The highest BCUT2D eigenvalue weighted by Gasteiger charge is 2.27. The van der Waals surface area contributed by atoms with Crippen LogP contribution in [-0.4, -0.2) is 23.4 Å². The minimum absolute atomic E-state index is 0.129. The van der Waals surface area contributed by atoms with E-state index in [4.69, 9.17) is 10.7 Å².